The van der Waals surface area contributed by atoms with Crippen LogP contribution < -0.4 is 11.1 Å². The Balaban J connectivity index is 2.17. The molecule has 0 aromatic carbocycles. The van der Waals surface area contributed by atoms with E-state index in [1.807, 2.05) is 0 Å². The number of unbranched alkanes of at least 4 members (excludes halogenated alkanes) is 4. The van der Waals surface area contributed by atoms with Crippen molar-refractivity contribution in [1.82, 2.24) is 5.32 Å². The van der Waals surface area contributed by atoms with Gasteiger partial charge in [-0.05, 0) is 64.2 Å². The lowest BCUT2D eigenvalue weighted by molar-refractivity contribution is 0.110. The lowest BCUT2D eigenvalue weighted by atomic mass is 9.72. The summed E-state index contributed by atoms with van der Waals surface area (Å²) in [5, 5.41) is 3.77. The minimum Gasteiger partial charge on any atom is -0.327 e. The second-order valence-corrected chi connectivity index (χ2v) is 11.3. The minimum absolute atomic E-state index is 0.216. The highest BCUT2D eigenvalue weighted by Crippen LogP contribution is 2.35. The van der Waals surface area contributed by atoms with Crippen LogP contribution in [0.5, 0.6) is 0 Å². The van der Waals surface area contributed by atoms with Crippen molar-refractivity contribution in [2.45, 2.75) is 130 Å². The zero-order valence-electron chi connectivity index (χ0n) is 18.7. The molecule has 1 saturated heterocycles. The zero-order chi connectivity index (χ0) is 19.3. The first-order chi connectivity index (χ1) is 11.3. The van der Waals surface area contributed by atoms with Crippen LogP contribution in [0.1, 0.15) is 113 Å². The van der Waals surface area contributed by atoms with E-state index in [2.05, 4.69) is 60.7 Å². The Kier molecular flexibility index (Phi) is 8.47. The maximum Gasteiger partial charge on any atom is 0.0133 e. The maximum absolute atomic E-state index is 6.59. The molecule has 2 unspecified atom stereocenters. The van der Waals surface area contributed by atoms with Crippen LogP contribution in [0.4, 0.5) is 0 Å². The molecule has 0 aromatic rings. The number of hydrogen-bond acceptors (Lipinski definition) is 2. The molecule has 2 heteroatoms. The Morgan fingerprint density at radius 2 is 1.32 bits per heavy atom. The smallest absolute Gasteiger partial charge is 0.0133 e. The topological polar surface area (TPSA) is 38.0 Å². The summed E-state index contributed by atoms with van der Waals surface area (Å²) < 4.78 is 0. The average molecular weight is 353 g/mol. The largest absolute Gasteiger partial charge is 0.327 e. The van der Waals surface area contributed by atoms with Crippen molar-refractivity contribution in [3.63, 3.8) is 0 Å². The van der Waals surface area contributed by atoms with E-state index >= 15 is 0 Å². The molecule has 0 aliphatic carbocycles. The van der Waals surface area contributed by atoms with E-state index in [0.717, 1.165) is 5.92 Å². The van der Waals surface area contributed by atoms with Gasteiger partial charge in [0.15, 0.2) is 0 Å². The fourth-order valence-corrected chi connectivity index (χ4v) is 4.73. The normalized spacial score (nSPS) is 23.4. The van der Waals surface area contributed by atoms with Crippen LogP contribution >= 0.6 is 0 Å². The molecule has 0 radical (unpaired) electrons. The van der Waals surface area contributed by atoms with Crippen molar-refractivity contribution in [2.24, 2.45) is 23.0 Å². The fraction of sp³-hybridized carbons (Fsp3) is 1.00. The predicted octanol–water partition coefficient (Wildman–Crippen LogP) is 6.28. The van der Waals surface area contributed by atoms with E-state index in [4.69, 9.17) is 5.73 Å². The summed E-state index contributed by atoms with van der Waals surface area (Å²) in [6.45, 7) is 18.8. The number of nitrogens with one attached hydrogen (secondary N) is 1. The summed E-state index contributed by atoms with van der Waals surface area (Å²) in [5.41, 5.74) is 7.48. The van der Waals surface area contributed by atoms with Crippen molar-refractivity contribution < 1.29 is 0 Å². The van der Waals surface area contributed by atoms with Gasteiger partial charge in [-0.15, -0.1) is 0 Å². The molecule has 0 saturated carbocycles. The summed E-state index contributed by atoms with van der Waals surface area (Å²) in [6.07, 6.45) is 11.8. The van der Waals surface area contributed by atoms with Gasteiger partial charge in [0.25, 0.3) is 0 Å². The average Bonchev–Trinajstić information content (AvgIpc) is 2.41. The molecule has 1 fully saturated rings. The van der Waals surface area contributed by atoms with Gasteiger partial charge < -0.3 is 11.1 Å². The van der Waals surface area contributed by atoms with Crippen LogP contribution in [0.3, 0.4) is 0 Å². The third-order valence-corrected chi connectivity index (χ3v) is 6.48. The lowest BCUT2D eigenvalue weighted by Gasteiger charge is -2.48. The van der Waals surface area contributed by atoms with E-state index in [0.29, 0.717) is 17.4 Å². The Hall–Kier alpha value is -0.0800. The van der Waals surface area contributed by atoms with Gasteiger partial charge in [0.2, 0.25) is 0 Å². The molecule has 25 heavy (non-hydrogen) atoms. The monoisotopic (exact) mass is 352 g/mol. The Morgan fingerprint density at radius 1 is 0.880 bits per heavy atom. The number of nitrogens with two attached hydrogens (primary N) is 1. The summed E-state index contributed by atoms with van der Waals surface area (Å²) >= 11 is 0. The van der Waals surface area contributed by atoms with E-state index < -0.39 is 0 Å². The Bertz CT molecular complexity index is 362. The van der Waals surface area contributed by atoms with Crippen LogP contribution in [-0.2, 0) is 0 Å². The summed E-state index contributed by atoms with van der Waals surface area (Å²) in [5.74, 6) is 1.49. The molecule has 2 atom stereocenters. The van der Waals surface area contributed by atoms with E-state index in [1.54, 1.807) is 0 Å². The van der Waals surface area contributed by atoms with Crippen molar-refractivity contribution in [1.29, 1.82) is 0 Å². The van der Waals surface area contributed by atoms with Crippen molar-refractivity contribution in [3.8, 4) is 0 Å². The summed E-state index contributed by atoms with van der Waals surface area (Å²) in [6, 6.07) is 0.376. The molecule has 1 rings (SSSR count). The van der Waals surface area contributed by atoms with E-state index in [-0.39, 0.29) is 11.1 Å². The molecule has 2 nitrogen and oxygen atoms in total. The first-order valence-electron chi connectivity index (χ1n) is 10.9. The van der Waals surface area contributed by atoms with Crippen LogP contribution in [0.25, 0.3) is 0 Å². The number of hydrogen-bond donors (Lipinski definition) is 2. The van der Waals surface area contributed by atoms with Gasteiger partial charge in [0, 0.05) is 17.1 Å². The van der Waals surface area contributed by atoms with Crippen LogP contribution in [0, 0.1) is 17.3 Å². The lowest BCUT2D eigenvalue weighted by Crippen LogP contribution is -2.60. The zero-order valence-corrected chi connectivity index (χ0v) is 18.7. The highest BCUT2D eigenvalue weighted by Gasteiger charge is 2.39. The quantitative estimate of drug-likeness (QED) is 0.479. The van der Waals surface area contributed by atoms with Crippen LogP contribution in [0.15, 0.2) is 0 Å². The van der Waals surface area contributed by atoms with Gasteiger partial charge in [0.05, 0.1) is 0 Å². The van der Waals surface area contributed by atoms with Gasteiger partial charge in [0.1, 0.15) is 0 Å². The molecule has 3 N–H and O–H groups in total. The fourth-order valence-electron chi connectivity index (χ4n) is 4.73. The standard InChI is InChI=1S/C23H48N2/c1-18(21(2,3)4)14-12-10-9-11-13-15-20(24)19-16-22(5,6)25-23(7,8)17-19/h18-20,25H,9-17,24H2,1-8H3. The summed E-state index contributed by atoms with van der Waals surface area (Å²) in [4.78, 5) is 0. The molecule has 0 spiro atoms. The van der Waals surface area contributed by atoms with Crippen molar-refractivity contribution in [3.05, 3.63) is 0 Å². The highest BCUT2D eigenvalue weighted by atomic mass is 15.1. The highest BCUT2D eigenvalue weighted by molar-refractivity contribution is 4.99. The molecular weight excluding hydrogens is 304 g/mol. The molecule has 0 aromatic heterocycles. The van der Waals surface area contributed by atoms with E-state index in [9.17, 15) is 0 Å². The van der Waals surface area contributed by atoms with Gasteiger partial charge in [-0.3, -0.25) is 0 Å². The number of rotatable bonds is 9. The van der Waals surface area contributed by atoms with E-state index in [1.165, 1.54) is 57.8 Å². The van der Waals surface area contributed by atoms with Gasteiger partial charge in [-0.2, -0.15) is 0 Å². The number of piperidine rings is 1. The molecule has 1 heterocycles. The first-order valence-corrected chi connectivity index (χ1v) is 10.9. The third-order valence-electron chi connectivity index (χ3n) is 6.48. The van der Waals surface area contributed by atoms with Crippen molar-refractivity contribution in [2.75, 3.05) is 0 Å². The van der Waals surface area contributed by atoms with Crippen LogP contribution in [0.2, 0.25) is 0 Å². The Labute approximate surface area is 159 Å². The molecule has 0 amide bonds. The first kappa shape index (κ1) is 23.0. The minimum atomic E-state index is 0.216. The SMILES string of the molecule is CC(CCCCCCCC(N)C1CC(C)(C)NC(C)(C)C1)C(C)(C)C. The summed E-state index contributed by atoms with van der Waals surface area (Å²) in [7, 11) is 0. The molecule has 1 aliphatic rings. The maximum atomic E-state index is 6.59. The third kappa shape index (κ3) is 8.91. The van der Waals surface area contributed by atoms with Crippen molar-refractivity contribution >= 4 is 0 Å². The van der Waals surface area contributed by atoms with Gasteiger partial charge in [-0.25, -0.2) is 0 Å². The van der Waals surface area contributed by atoms with Gasteiger partial charge in [-0.1, -0.05) is 66.2 Å². The molecule has 150 valence electrons. The molecule has 0 bridgehead atoms. The van der Waals surface area contributed by atoms with Crippen LogP contribution in [-0.4, -0.2) is 17.1 Å². The van der Waals surface area contributed by atoms with Gasteiger partial charge >= 0.3 is 0 Å². The predicted molar refractivity (Wildman–Crippen MR) is 113 cm³/mol. The second-order valence-electron chi connectivity index (χ2n) is 11.3. The molecular formula is C23H48N2. The Morgan fingerprint density at radius 3 is 1.80 bits per heavy atom. The molecule has 1 aliphatic heterocycles. The second kappa shape index (κ2) is 9.22.